The van der Waals surface area contributed by atoms with Crippen LogP contribution in [0.2, 0.25) is 0 Å². The Kier molecular flexibility index (Phi) is 5.44. The Morgan fingerprint density at radius 1 is 1.15 bits per heavy atom. The fraction of sp³-hybridized carbons (Fsp3) is 0.211. The van der Waals surface area contributed by atoms with Gasteiger partial charge in [0.25, 0.3) is 5.91 Å². The predicted molar refractivity (Wildman–Crippen MR) is 90.6 cm³/mol. The molecule has 0 N–H and O–H groups in total. The van der Waals surface area contributed by atoms with E-state index in [2.05, 4.69) is 0 Å². The second kappa shape index (κ2) is 7.94. The van der Waals surface area contributed by atoms with Crippen molar-refractivity contribution in [1.82, 2.24) is 0 Å². The summed E-state index contributed by atoms with van der Waals surface area (Å²) < 4.78 is 36.8. The summed E-state index contributed by atoms with van der Waals surface area (Å²) in [6.45, 7) is -0.809. The minimum Gasteiger partial charge on any atom is -0.482 e. The van der Waals surface area contributed by atoms with E-state index in [9.17, 15) is 23.2 Å². The molecule has 0 aliphatic carbocycles. The highest BCUT2D eigenvalue weighted by atomic mass is 19.1. The van der Waals surface area contributed by atoms with Gasteiger partial charge in [-0.05, 0) is 30.3 Å². The third-order valence-electron chi connectivity index (χ3n) is 3.94. The number of rotatable bonds is 6. The average Bonchev–Trinajstić information content (AvgIpc) is 2.67. The molecule has 1 aliphatic heterocycles. The quantitative estimate of drug-likeness (QED) is 0.573. The summed E-state index contributed by atoms with van der Waals surface area (Å²) in [7, 11) is 0. The Balaban J connectivity index is 1.55. The van der Waals surface area contributed by atoms with Crippen molar-refractivity contribution in [3.63, 3.8) is 0 Å². The zero-order valence-electron chi connectivity index (χ0n) is 14.1. The van der Waals surface area contributed by atoms with Gasteiger partial charge >= 0.3 is 5.97 Å². The van der Waals surface area contributed by atoms with Crippen LogP contribution in [0.5, 0.6) is 5.75 Å². The SMILES string of the molecule is O=C(CCN1C(=O)COc2ccccc21)OCC(=O)c1cc(F)ccc1F. The van der Waals surface area contributed by atoms with Crippen molar-refractivity contribution in [3.8, 4) is 5.75 Å². The maximum atomic E-state index is 13.5. The van der Waals surface area contributed by atoms with E-state index in [1.807, 2.05) is 0 Å². The molecule has 8 heteroatoms. The first-order valence-electron chi connectivity index (χ1n) is 8.12. The number of nitrogens with zero attached hydrogens (tertiary/aromatic N) is 1. The van der Waals surface area contributed by atoms with Gasteiger partial charge in [0.1, 0.15) is 17.4 Å². The zero-order chi connectivity index (χ0) is 19.4. The van der Waals surface area contributed by atoms with Crippen molar-refractivity contribution in [2.24, 2.45) is 0 Å². The molecule has 3 rings (SSSR count). The number of anilines is 1. The molecule has 0 atom stereocenters. The van der Waals surface area contributed by atoms with E-state index in [0.29, 0.717) is 11.4 Å². The number of carbonyl (C=O) groups excluding carboxylic acids is 3. The summed E-state index contributed by atoms with van der Waals surface area (Å²) >= 11 is 0. The number of ketones is 1. The Labute approximate surface area is 153 Å². The Hall–Kier alpha value is -3.29. The lowest BCUT2D eigenvalue weighted by atomic mass is 10.1. The predicted octanol–water partition coefficient (Wildman–Crippen LogP) is 2.51. The summed E-state index contributed by atoms with van der Waals surface area (Å²) in [4.78, 5) is 37.2. The number of hydrogen-bond acceptors (Lipinski definition) is 5. The molecule has 0 unspecified atom stereocenters. The smallest absolute Gasteiger partial charge is 0.308 e. The molecule has 0 aromatic heterocycles. The highest BCUT2D eigenvalue weighted by Gasteiger charge is 2.25. The number of esters is 1. The maximum Gasteiger partial charge on any atom is 0.308 e. The first-order valence-corrected chi connectivity index (χ1v) is 8.12. The number of benzene rings is 2. The molecule has 0 radical (unpaired) electrons. The summed E-state index contributed by atoms with van der Waals surface area (Å²) in [5.41, 5.74) is 0.0551. The second-order valence-electron chi connectivity index (χ2n) is 5.76. The molecule has 0 saturated heterocycles. The largest absolute Gasteiger partial charge is 0.482 e. The molecule has 140 valence electrons. The van der Waals surface area contributed by atoms with Gasteiger partial charge in [-0.3, -0.25) is 14.4 Å². The lowest BCUT2D eigenvalue weighted by molar-refractivity contribution is -0.142. The molecule has 1 heterocycles. The van der Waals surface area contributed by atoms with Crippen molar-refractivity contribution < 1.29 is 32.6 Å². The van der Waals surface area contributed by atoms with Gasteiger partial charge in [0, 0.05) is 6.54 Å². The molecule has 1 amide bonds. The van der Waals surface area contributed by atoms with Crippen LogP contribution < -0.4 is 9.64 Å². The lowest BCUT2D eigenvalue weighted by Gasteiger charge is -2.28. The molecule has 6 nitrogen and oxygen atoms in total. The Morgan fingerprint density at radius 3 is 2.74 bits per heavy atom. The molecule has 0 spiro atoms. The molecular weight excluding hydrogens is 360 g/mol. The monoisotopic (exact) mass is 375 g/mol. The number of fused-ring (bicyclic) bond motifs is 1. The van der Waals surface area contributed by atoms with E-state index in [-0.39, 0.29) is 25.5 Å². The fourth-order valence-electron chi connectivity index (χ4n) is 2.61. The highest BCUT2D eigenvalue weighted by molar-refractivity contribution is 5.99. The second-order valence-corrected chi connectivity index (χ2v) is 5.76. The molecule has 0 bridgehead atoms. The third kappa shape index (κ3) is 4.28. The molecule has 0 fully saturated rings. The van der Waals surface area contributed by atoms with Crippen LogP contribution in [0.3, 0.4) is 0 Å². The molecular formula is C19H15F2NO5. The number of ether oxygens (including phenoxy) is 2. The van der Waals surface area contributed by atoms with Crippen LogP contribution in [-0.2, 0) is 14.3 Å². The van der Waals surface area contributed by atoms with Gasteiger partial charge in [-0.1, -0.05) is 12.1 Å². The van der Waals surface area contributed by atoms with Crippen LogP contribution in [0.15, 0.2) is 42.5 Å². The maximum absolute atomic E-state index is 13.5. The van der Waals surface area contributed by atoms with E-state index in [0.717, 1.165) is 18.2 Å². The van der Waals surface area contributed by atoms with Crippen LogP contribution in [-0.4, -0.2) is 37.4 Å². The third-order valence-corrected chi connectivity index (χ3v) is 3.94. The van der Waals surface area contributed by atoms with E-state index < -0.39 is 35.6 Å². The molecule has 0 saturated carbocycles. The van der Waals surface area contributed by atoms with Gasteiger partial charge in [-0.25, -0.2) is 8.78 Å². The van der Waals surface area contributed by atoms with Crippen molar-refractivity contribution in [3.05, 3.63) is 59.7 Å². The van der Waals surface area contributed by atoms with Crippen LogP contribution in [0, 0.1) is 11.6 Å². The average molecular weight is 375 g/mol. The van der Waals surface area contributed by atoms with Crippen LogP contribution in [0.25, 0.3) is 0 Å². The van der Waals surface area contributed by atoms with Crippen molar-refractivity contribution in [2.45, 2.75) is 6.42 Å². The van der Waals surface area contributed by atoms with Gasteiger partial charge in [-0.2, -0.15) is 0 Å². The van der Waals surface area contributed by atoms with Crippen molar-refractivity contribution in [1.29, 1.82) is 0 Å². The molecule has 1 aliphatic rings. The Morgan fingerprint density at radius 2 is 1.93 bits per heavy atom. The minimum atomic E-state index is -0.895. The lowest BCUT2D eigenvalue weighted by Crippen LogP contribution is -2.40. The molecule has 27 heavy (non-hydrogen) atoms. The number of halogens is 2. The first kappa shape index (κ1) is 18.5. The number of amides is 1. The van der Waals surface area contributed by atoms with Gasteiger partial charge in [0.2, 0.25) is 5.78 Å². The van der Waals surface area contributed by atoms with Crippen LogP contribution in [0.1, 0.15) is 16.8 Å². The van der Waals surface area contributed by atoms with Crippen LogP contribution >= 0.6 is 0 Å². The zero-order valence-corrected chi connectivity index (χ0v) is 14.1. The van der Waals surface area contributed by atoms with Crippen molar-refractivity contribution >= 4 is 23.3 Å². The minimum absolute atomic E-state index is 0.0422. The normalized spacial score (nSPS) is 13.0. The number of hydrogen-bond donors (Lipinski definition) is 0. The van der Waals surface area contributed by atoms with Gasteiger partial charge in [-0.15, -0.1) is 0 Å². The molecule has 2 aromatic carbocycles. The van der Waals surface area contributed by atoms with E-state index >= 15 is 0 Å². The summed E-state index contributed by atoms with van der Waals surface area (Å²) in [5.74, 6) is -3.03. The van der Waals surface area contributed by atoms with Crippen molar-refractivity contribution in [2.75, 3.05) is 24.7 Å². The highest BCUT2D eigenvalue weighted by Crippen LogP contribution is 2.31. The number of para-hydroxylation sites is 2. The summed E-state index contributed by atoms with van der Waals surface area (Å²) in [6.07, 6.45) is -0.168. The van der Waals surface area contributed by atoms with E-state index in [1.165, 1.54) is 4.90 Å². The Bertz CT molecular complexity index is 899. The fourth-order valence-corrected chi connectivity index (χ4v) is 2.61. The summed E-state index contributed by atoms with van der Waals surface area (Å²) in [5, 5.41) is 0. The van der Waals surface area contributed by atoms with E-state index in [1.54, 1.807) is 24.3 Å². The van der Waals surface area contributed by atoms with Gasteiger partial charge < -0.3 is 14.4 Å². The van der Waals surface area contributed by atoms with Gasteiger partial charge in [0.05, 0.1) is 17.7 Å². The van der Waals surface area contributed by atoms with E-state index in [4.69, 9.17) is 9.47 Å². The number of carbonyl (C=O) groups is 3. The topological polar surface area (TPSA) is 72.9 Å². The first-order chi connectivity index (χ1) is 13.0. The van der Waals surface area contributed by atoms with Gasteiger partial charge in [0.15, 0.2) is 13.2 Å². The molecule has 2 aromatic rings. The standard InChI is InChI=1S/C19H15F2NO5/c20-12-5-6-14(21)13(9-12)16(23)10-27-19(25)7-8-22-15-3-1-2-4-17(15)26-11-18(22)24/h1-6,9H,7-8,10-11H2. The number of Topliss-reactive ketones (excluding diaryl/α,β-unsaturated/α-hetero) is 1. The van der Waals surface area contributed by atoms with Crippen LogP contribution in [0.4, 0.5) is 14.5 Å². The summed E-state index contributed by atoms with van der Waals surface area (Å²) in [6, 6.07) is 9.35.